The first kappa shape index (κ1) is 12.3. The number of aliphatic hydroxyl groups excluding tert-OH is 2. The zero-order chi connectivity index (χ0) is 12.4. The summed E-state index contributed by atoms with van der Waals surface area (Å²) < 4.78 is 7.11. The second kappa shape index (κ2) is 5.03. The van der Waals surface area contributed by atoms with Gasteiger partial charge in [-0.3, -0.25) is 4.68 Å². The molecule has 1 fully saturated rings. The van der Waals surface area contributed by atoms with E-state index in [0.717, 1.165) is 17.1 Å². The van der Waals surface area contributed by atoms with Crippen molar-refractivity contribution in [1.82, 2.24) is 9.78 Å². The van der Waals surface area contributed by atoms with Gasteiger partial charge < -0.3 is 19.8 Å². The Labute approximate surface area is 100 Å². The number of aryl methyl sites for hydroxylation is 2. The molecule has 17 heavy (non-hydrogen) atoms. The Morgan fingerprint density at radius 1 is 1.47 bits per heavy atom. The molecule has 0 aliphatic carbocycles. The monoisotopic (exact) mass is 241 g/mol. The molecule has 0 spiro atoms. The van der Waals surface area contributed by atoms with Gasteiger partial charge in [0.2, 0.25) is 0 Å². The minimum atomic E-state index is -0.0659. The number of aromatic nitrogens is 2. The van der Waals surface area contributed by atoms with Gasteiger partial charge in [0, 0.05) is 19.2 Å². The first-order valence-electron chi connectivity index (χ1n) is 5.77. The maximum Gasteiger partial charge on any atom is 0.132 e. The van der Waals surface area contributed by atoms with Crippen LogP contribution in [-0.4, -0.2) is 52.4 Å². The Balaban J connectivity index is 2.37. The third kappa shape index (κ3) is 2.15. The molecule has 96 valence electrons. The number of ether oxygens (including phenoxy) is 1. The van der Waals surface area contributed by atoms with Crippen LogP contribution in [-0.2, 0) is 18.4 Å². The van der Waals surface area contributed by atoms with Crippen molar-refractivity contribution in [2.24, 2.45) is 7.05 Å². The van der Waals surface area contributed by atoms with Gasteiger partial charge in [0.15, 0.2) is 0 Å². The molecule has 2 heterocycles. The number of anilines is 1. The van der Waals surface area contributed by atoms with Gasteiger partial charge in [0.05, 0.1) is 38.2 Å². The van der Waals surface area contributed by atoms with Crippen molar-refractivity contribution in [3.05, 3.63) is 11.3 Å². The Hall–Kier alpha value is -1.11. The van der Waals surface area contributed by atoms with Crippen LogP contribution < -0.4 is 4.90 Å². The van der Waals surface area contributed by atoms with E-state index in [0.29, 0.717) is 19.8 Å². The normalized spacial score (nSPS) is 20.9. The molecule has 1 aliphatic rings. The fourth-order valence-corrected chi connectivity index (χ4v) is 2.32. The van der Waals surface area contributed by atoms with Gasteiger partial charge in [-0.05, 0) is 6.92 Å². The third-order valence-corrected chi connectivity index (χ3v) is 3.18. The van der Waals surface area contributed by atoms with Crippen molar-refractivity contribution in [1.29, 1.82) is 0 Å². The molecule has 1 aromatic rings. The zero-order valence-electron chi connectivity index (χ0n) is 10.3. The summed E-state index contributed by atoms with van der Waals surface area (Å²) in [6.07, 6.45) is 0. The van der Waals surface area contributed by atoms with E-state index in [1.54, 1.807) is 4.68 Å². The van der Waals surface area contributed by atoms with Crippen LogP contribution in [0.5, 0.6) is 0 Å². The van der Waals surface area contributed by atoms with E-state index in [1.807, 2.05) is 14.0 Å². The van der Waals surface area contributed by atoms with E-state index >= 15 is 0 Å². The van der Waals surface area contributed by atoms with Gasteiger partial charge in [0.25, 0.3) is 0 Å². The van der Waals surface area contributed by atoms with Crippen LogP contribution in [0, 0.1) is 6.92 Å². The molecule has 6 nitrogen and oxygen atoms in total. The standard InChI is InChI=1S/C11H19N3O3/c1-8-10(6-16)11(13(2)12-8)14-3-4-17-7-9(14)5-15/h9,15-16H,3-7H2,1-2H3. The largest absolute Gasteiger partial charge is 0.394 e. The molecular formula is C11H19N3O3. The summed E-state index contributed by atoms with van der Waals surface area (Å²) in [4.78, 5) is 2.06. The molecule has 2 N–H and O–H groups in total. The summed E-state index contributed by atoms with van der Waals surface area (Å²) in [5.41, 5.74) is 1.65. The lowest BCUT2D eigenvalue weighted by atomic mass is 10.2. The SMILES string of the molecule is Cc1nn(C)c(N2CCOCC2CO)c1CO. The van der Waals surface area contributed by atoms with E-state index in [9.17, 15) is 10.2 Å². The molecule has 1 saturated heterocycles. The van der Waals surface area contributed by atoms with Crippen LogP contribution in [0.15, 0.2) is 0 Å². The summed E-state index contributed by atoms with van der Waals surface area (Å²) in [6, 6.07) is -0.0659. The lowest BCUT2D eigenvalue weighted by molar-refractivity contribution is 0.0716. The molecule has 0 radical (unpaired) electrons. The molecule has 0 bridgehead atoms. The second-order valence-corrected chi connectivity index (χ2v) is 4.27. The summed E-state index contributed by atoms with van der Waals surface area (Å²) in [5, 5.41) is 23.1. The predicted molar refractivity (Wildman–Crippen MR) is 62.9 cm³/mol. The molecule has 1 aliphatic heterocycles. The van der Waals surface area contributed by atoms with Crippen LogP contribution in [0.4, 0.5) is 5.82 Å². The Bertz CT molecular complexity index is 392. The molecular weight excluding hydrogens is 222 g/mol. The van der Waals surface area contributed by atoms with E-state index < -0.39 is 0 Å². The van der Waals surface area contributed by atoms with Gasteiger partial charge in [-0.2, -0.15) is 5.10 Å². The predicted octanol–water partition coefficient (Wildman–Crippen LogP) is -0.582. The average Bonchev–Trinajstić information content (AvgIpc) is 2.63. The van der Waals surface area contributed by atoms with Crippen molar-refractivity contribution >= 4 is 5.82 Å². The van der Waals surface area contributed by atoms with E-state index in [1.165, 1.54) is 0 Å². The highest BCUT2D eigenvalue weighted by Gasteiger charge is 2.27. The van der Waals surface area contributed by atoms with E-state index in [4.69, 9.17) is 4.74 Å². The van der Waals surface area contributed by atoms with E-state index in [2.05, 4.69) is 10.00 Å². The lowest BCUT2D eigenvalue weighted by Crippen LogP contribution is -2.48. The lowest BCUT2D eigenvalue weighted by Gasteiger charge is -2.36. The van der Waals surface area contributed by atoms with Crippen molar-refractivity contribution in [2.45, 2.75) is 19.6 Å². The van der Waals surface area contributed by atoms with Crippen LogP contribution in [0.2, 0.25) is 0 Å². The minimum absolute atomic E-state index is 0.0368. The molecule has 1 unspecified atom stereocenters. The smallest absolute Gasteiger partial charge is 0.132 e. The van der Waals surface area contributed by atoms with E-state index in [-0.39, 0.29) is 19.3 Å². The Kier molecular flexibility index (Phi) is 3.66. The third-order valence-electron chi connectivity index (χ3n) is 3.18. The van der Waals surface area contributed by atoms with Crippen LogP contribution >= 0.6 is 0 Å². The molecule has 0 amide bonds. The first-order chi connectivity index (χ1) is 8.19. The number of hydrogen-bond acceptors (Lipinski definition) is 5. The van der Waals surface area contributed by atoms with Crippen molar-refractivity contribution in [3.8, 4) is 0 Å². The van der Waals surface area contributed by atoms with Crippen LogP contribution in [0.25, 0.3) is 0 Å². The number of aliphatic hydroxyl groups is 2. The molecule has 6 heteroatoms. The fourth-order valence-electron chi connectivity index (χ4n) is 2.32. The molecule has 0 aromatic carbocycles. The summed E-state index contributed by atoms with van der Waals surface area (Å²) in [5.74, 6) is 0.882. The maximum atomic E-state index is 9.43. The zero-order valence-corrected chi connectivity index (χ0v) is 10.3. The number of morpholine rings is 1. The highest BCUT2D eigenvalue weighted by molar-refractivity contribution is 5.51. The molecule has 0 saturated carbocycles. The minimum Gasteiger partial charge on any atom is -0.394 e. The summed E-state index contributed by atoms with van der Waals surface area (Å²) >= 11 is 0. The van der Waals surface area contributed by atoms with Crippen molar-refractivity contribution < 1.29 is 14.9 Å². The van der Waals surface area contributed by atoms with Crippen LogP contribution in [0.3, 0.4) is 0 Å². The summed E-state index contributed by atoms with van der Waals surface area (Å²) in [7, 11) is 1.85. The Morgan fingerprint density at radius 2 is 2.24 bits per heavy atom. The fraction of sp³-hybridized carbons (Fsp3) is 0.727. The summed E-state index contributed by atoms with van der Waals surface area (Å²) in [6.45, 7) is 3.72. The maximum absolute atomic E-state index is 9.43. The topological polar surface area (TPSA) is 70.8 Å². The first-order valence-corrected chi connectivity index (χ1v) is 5.77. The highest BCUT2D eigenvalue weighted by atomic mass is 16.5. The number of hydrogen-bond donors (Lipinski definition) is 2. The Morgan fingerprint density at radius 3 is 2.88 bits per heavy atom. The molecule has 1 aromatic heterocycles. The van der Waals surface area contributed by atoms with Gasteiger partial charge in [-0.15, -0.1) is 0 Å². The molecule has 1 atom stereocenters. The van der Waals surface area contributed by atoms with Gasteiger partial charge >= 0.3 is 0 Å². The average molecular weight is 241 g/mol. The van der Waals surface area contributed by atoms with Gasteiger partial charge in [0.1, 0.15) is 5.82 Å². The number of nitrogens with zero attached hydrogens (tertiary/aromatic N) is 3. The molecule has 2 rings (SSSR count). The highest BCUT2D eigenvalue weighted by Crippen LogP contribution is 2.26. The van der Waals surface area contributed by atoms with Gasteiger partial charge in [-0.1, -0.05) is 0 Å². The van der Waals surface area contributed by atoms with Crippen molar-refractivity contribution in [2.75, 3.05) is 31.3 Å². The number of rotatable bonds is 3. The van der Waals surface area contributed by atoms with Crippen LogP contribution in [0.1, 0.15) is 11.3 Å². The second-order valence-electron chi connectivity index (χ2n) is 4.27. The van der Waals surface area contributed by atoms with Gasteiger partial charge in [-0.25, -0.2) is 0 Å². The quantitative estimate of drug-likeness (QED) is 0.741. The van der Waals surface area contributed by atoms with Crippen molar-refractivity contribution in [3.63, 3.8) is 0 Å².